The monoisotopic (exact) mass is 192 g/mol. The highest BCUT2D eigenvalue weighted by Crippen LogP contribution is 2.27. The summed E-state index contributed by atoms with van der Waals surface area (Å²) in [6, 6.07) is 0.530. The zero-order valence-corrected chi connectivity index (χ0v) is 8.40. The second kappa shape index (κ2) is 3.82. The molecule has 2 unspecified atom stereocenters. The lowest BCUT2D eigenvalue weighted by atomic mass is 10.1. The van der Waals surface area contributed by atoms with Crippen molar-refractivity contribution in [3.8, 4) is 0 Å². The maximum Gasteiger partial charge on any atom is 0.152 e. The fourth-order valence-corrected chi connectivity index (χ4v) is 1.99. The van der Waals surface area contributed by atoms with E-state index in [2.05, 4.69) is 22.2 Å². The molecule has 0 amide bonds. The van der Waals surface area contributed by atoms with Gasteiger partial charge in [0.25, 0.3) is 0 Å². The lowest BCUT2D eigenvalue weighted by Gasteiger charge is -2.13. The predicted molar refractivity (Wildman–Crippen MR) is 56.9 cm³/mol. The first-order valence-corrected chi connectivity index (χ1v) is 5.07. The Morgan fingerprint density at radius 2 is 2.36 bits per heavy atom. The number of rotatable bonds is 2. The van der Waals surface area contributed by atoms with Gasteiger partial charge in [-0.1, -0.05) is 6.92 Å². The van der Waals surface area contributed by atoms with Crippen molar-refractivity contribution in [2.24, 2.45) is 5.92 Å². The summed E-state index contributed by atoms with van der Waals surface area (Å²) in [5.74, 6) is 1.59. The molecule has 1 saturated carbocycles. The van der Waals surface area contributed by atoms with Crippen molar-refractivity contribution < 1.29 is 0 Å². The number of hydrogen-bond acceptors (Lipinski definition) is 4. The van der Waals surface area contributed by atoms with E-state index in [0.717, 1.165) is 11.7 Å². The van der Waals surface area contributed by atoms with E-state index in [-0.39, 0.29) is 0 Å². The molecule has 1 heterocycles. The highest BCUT2D eigenvalue weighted by molar-refractivity contribution is 5.59. The van der Waals surface area contributed by atoms with Crippen molar-refractivity contribution in [1.82, 2.24) is 9.97 Å². The SMILES string of the molecule is CC1CCC(Nc2ncncc2N)C1. The molecule has 2 rings (SSSR count). The first-order chi connectivity index (χ1) is 6.75. The fraction of sp³-hybridized carbons (Fsp3) is 0.600. The summed E-state index contributed by atoms with van der Waals surface area (Å²) >= 11 is 0. The first-order valence-electron chi connectivity index (χ1n) is 5.07. The number of nitrogens with one attached hydrogen (secondary N) is 1. The van der Waals surface area contributed by atoms with Gasteiger partial charge < -0.3 is 11.1 Å². The standard InChI is InChI=1S/C10H16N4/c1-7-2-3-8(4-7)14-10-9(11)5-12-6-13-10/h5-8H,2-4,11H2,1H3,(H,12,13,14). The van der Waals surface area contributed by atoms with Crippen LogP contribution in [0.3, 0.4) is 0 Å². The third kappa shape index (κ3) is 1.95. The Morgan fingerprint density at radius 1 is 1.50 bits per heavy atom. The molecule has 0 radical (unpaired) electrons. The Labute approximate surface area is 83.9 Å². The van der Waals surface area contributed by atoms with Gasteiger partial charge in [0, 0.05) is 6.04 Å². The minimum Gasteiger partial charge on any atom is -0.394 e. The Morgan fingerprint density at radius 3 is 3.00 bits per heavy atom. The molecule has 0 aromatic carbocycles. The van der Waals surface area contributed by atoms with Gasteiger partial charge in [-0.15, -0.1) is 0 Å². The number of anilines is 2. The maximum absolute atomic E-state index is 5.75. The lowest BCUT2D eigenvalue weighted by molar-refractivity contribution is 0.602. The van der Waals surface area contributed by atoms with Gasteiger partial charge in [0.2, 0.25) is 0 Å². The van der Waals surface area contributed by atoms with Crippen LogP contribution in [0.1, 0.15) is 26.2 Å². The first kappa shape index (κ1) is 9.24. The Bertz CT molecular complexity index is 313. The predicted octanol–water partition coefficient (Wildman–Crippen LogP) is 1.66. The maximum atomic E-state index is 5.75. The van der Waals surface area contributed by atoms with Gasteiger partial charge in [-0.2, -0.15) is 0 Å². The molecule has 2 atom stereocenters. The Hall–Kier alpha value is -1.32. The quantitative estimate of drug-likeness (QED) is 0.748. The molecule has 1 aliphatic rings. The van der Waals surface area contributed by atoms with Crippen LogP contribution in [-0.4, -0.2) is 16.0 Å². The number of nitrogens with zero attached hydrogens (tertiary/aromatic N) is 2. The van der Waals surface area contributed by atoms with Gasteiger partial charge in [0.15, 0.2) is 5.82 Å². The average Bonchev–Trinajstić information content (AvgIpc) is 2.56. The molecule has 4 heteroatoms. The van der Waals surface area contributed by atoms with E-state index >= 15 is 0 Å². The molecule has 4 nitrogen and oxygen atoms in total. The van der Waals surface area contributed by atoms with E-state index in [1.165, 1.54) is 25.6 Å². The third-order valence-electron chi connectivity index (χ3n) is 2.78. The third-order valence-corrected chi connectivity index (χ3v) is 2.78. The summed E-state index contributed by atoms with van der Waals surface area (Å²) in [4.78, 5) is 7.98. The molecule has 3 N–H and O–H groups in total. The van der Waals surface area contributed by atoms with Gasteiger partial charge in [0.1, 0.15) is 6.33 Å². The van der Waals surface area contributed by atoms with Crippen molar-refractivity contribution >= 4 is 11.5 Å². The summed E-state index contributed by atoms with van der Waals surface area (Å²) < 4.78 is 0. The van der Waals surface area contributed by atoms with Crippen LogP contribution >= 0.6 is 0 Å². The normalized spacial score (nSPS) is 26.4. The van der Waals surface area contributed by atoms with Gasteiger partial charge >= 0.3 is 0 Å². The van der Waals surface area contributed by atoms with Crippen LogP contribution in [0.25, 0.3) is 0 Å². The van der Waals surface area contributed by atoms with Crippen LogP contribution < -0.4 is 11.1 Å². The van der Waals surface area contributed by atoms with Crippen LogP contribution in [-0.2, 0) is 0 Å². The van der Waals surface area contributed by atoms with E-state index in [1.807, 2.05) is 0 Å². The number of hydrogen-bond donors (Lipinski definition) is 2. The fourth-order valence-electron chi connectivity index (χ4n) is 1.99. The molecule has 14 heavy (non-hydrogen) atoms. The van der Waals surface area contributed by atoms with Crippen molar-refractivity contribution in [1.29, 1.82) is 0 Å². The molecule has 0 aliphatic heterocycles. The highest BCUT2D eigenvalue weighted by atomic mass is 15.1. The van der Waals surface area contributed by atoms with Gasteiger partial charge in [0.05, 0.1) is 11.9 Å². The lowest BCUT2D eigenvalue weighted by Crippen LogP contribution is -2.17. The van der Waals surface area contributed by atoms with E-state index < -0.39 is 0 Å². The molecule has 0 spiro atoms. The summed E-state index contributed by atoms with van der Waals surface area (Å²) in [7, 11) is 0. The van der Waals surface area contributed by atoms with Gasteiger partial charge in [-0.25, -0.2) is 9.97 Å². The zero-order chi connectivity index (χ0) is 9.97. The minimum atomic E-state index is 0.530. The molecule has 1 aliphatic carbocycles. The summed E-state index contributed by atoms with van der Waals surface area (Å²) in [5.41, 5.74) is 6.38. The largest absolute Gasteiger partial charge is 0.394 e. The summed E-state index contributed by atoms with van der Waals surface area (Å²) in [6.07, 6.45) is 6.88. The Kier molecular flexibility index (Phi) is 2.52. The second-order valence-electron chi connectivity index (χ2n) is 4.09. The van der Waals surface area contributed by atoms with Crippen LogP contribution in [0.2, 0.25) is 0 Å². The van der Waals surface area contributed by atoms with E-state index in [4.69, 9.17) is 5.73 Å². The molecule has 76 valence electrons. The van der Waals surface area contributed by atoms with E-state index in [0.29, 0.717) is 11.7 Å². The van der Waals surface area contributed by atoms with Crippen LogP contribution in [0.15, 0.2) is 12.5 Å². The molecule has 1 fully saturated rings. The Balaban J connectivity index is 2.01. The van der Waals surface area contributed by atoms with Crippen molar-refractivity contribution in [3.63, 3.8) is 0 Å². The van der Waals surface area contributed by atoms with Crippen LogP contribution in [0, 0.1) is 5.92 Å². The molecule has 0 saturated heterocycles. The zero-order valence-electron chi connectivity index (χ0n) is 8.40. The van der Waals surface area contributed by atoms with Gasteiger partial charge in [-0.3, -0.25) is 0 Å². The van der Waals surface area contributed by atoms with Crippen LogP contribution in [0.4, 0.5) is 11.5 Å². The second-order valence-corrected chi connectivity index (χ2v) is 4.09. The summed E-state index contributed by atoms with van der Waals surface area (Å²) in [5, 5.41) is 3.36. The topological polar surface area (TPSA) is 63.8 Å². The average molecular weight is 192 g/mol. The molecule has 0 bridgehead atoms. The highest BCUT2D eigenvalue weighted by Gasteiger charge is 2.21. The number of aromatic nitrogens is 2. The molecule has 1 aromatic heterocycles. The van der Waals surface area contributed by atoms with Crippen molar-refractivity contribution in [2.45, 2.75) is 32.2 Å². The van der Waals surface area contributed by atoms with Crippen LogP contribution in [0.5, 0.6) is 0 Å². The molecule has 1 aromatic rings. The van der Waals surface area contributed by atoms with E-state index in [1.54, 1.807) is 6.20 Å². The van der Waals surface area contributed by atoms with Crippen molar-refractivity contribution in [2.75, 3.05) is 11.1 Å². The molecular formula is C10H16N4. The minimum absolute atomic E-state index is 0.530. The van der Waals surface area contributed by atoms with Gasteiger partial charge in [-0.05, 0) is 25.2 Å². The van der Waals surface area contributed by atoms with E-state index in [9.17, 15) is 0 Å². The van der Waals surface area contributed by atoms with Crippen molar-refractivity contribution in [3.05, 3.63) is 12.5 Å². The molecular weight excluding hydrogens is 176 g/mol. The smallest absolute Gasteiger partial charge is 0.152 e. The summed E-state index contributed by atoms with van der Waals surface area (Å²) in [6.45, 7) is 2.28. The number of nitrogen functional groups attached to an aromatic ring is 1. The number of nitrogens with two attached hydrogens (primary N) is 1.